The van der Waals surface area contributed by atoms with Crippen molar-refractivity contribution in [1.82, 2.24) is 0 Å². The van der Waals surface area contributed by atoms with Gasteiger partial charge in [-0.2, -0.15) is 0 Å². The van der Waals surface area contributed by atoms with E-state index in [2.05, 4.69) is 182 Å². The first-order valence-corrected chi connectivity index (χ1v) is 20.1. The Hall–Kier alpha value is -5.22. The molecule has 9 rings (SSSR count). The molecule has 224 valence electrons. The summed E-state index contributed by atoms with van der Waals surface area (Å²) in [6.07, 6.45) is 0. The lowest BCUT2D eigenvalue weighted by atomic mass is 10.0. The van der Waals surface area contributed by atoms with Crippen LogP contribution in [0.15, 0.2) is 164 Å². The average Bonchev–Trinajstić information content (AvgIpc) is 3.61. The monoisotopic (exact) mass is 635 g/mol. The highest BCUT2D eigenvalue weighted by Crippen LogP contribution is 2.44. The van der Waals surface area contributed by atoms with Crippen molar-refractivity contribution >= 4 is 67.0 Å². The molecule has 0 unspecified atom stereocenters. The lowest BCUT2D eigenvalue weighted by molar-refractivity contribution is 1.29. The number of hydrogen-bond donors (Lipinski definition) is 0. The first-order valence-electron chi connectivity index (χ1n) is 16.3. The topological polar surface area (TPSA) is 3.24 Å². The van der Waals surface area contributed by atoms with Crippen LogP contribution in [0.25, 0.3) is 53.6 Å². The second-order valence-electron chi connectivity index (χ2n) is 13.0. The number of rotatable bonds is 5. The minimum atomic E-state index is -1.97. The van der Waals surface area contributed by atoms with Gasteiger partial charge >= 0.3 is 0 Å². The third kappa shape index (κ3) is 4.57. The zero-order valence-corrected chi connectivity index (χ0v) is 28.3. The molecule has 0 aliphatic carbocycles. The van der Waals surface area contributed by atoms with Gasteiger partial charge < -0.3 is 4.90 Å². The molecular weight excluding hydrogens is 603 g/mol. The number of fused-ring (bicyclic) bond motifs is 7. The summed E-state index contributed by atoms with van der Waals surface area (Å²) in [5, 5.41) is 5.80. The normalized spacial score (nSPS) is 13.1. The maximum atomic E-state index is 2.52. The van der Waals surface area contributed by atoms with E-state index in [1.807, 2.05) is 11.3 Å². The summed E-state index contributed by atoms with van der Waals surface area (Å²) in [5.41, 5.74) is 11.2. The Balaban J connectivity index is 1.24. The van der Waals surface area contributed by atoms with Gasteiger partial charge in [-0.3, -0.25) is 0 Å². The molecule has 7 aromatic carbocycles. The third-order valence-electron chi connectivity index (χ3n) is 9.85. The largest absolute Gasteiger partial charge is 0.310 e. The van der Waals surface area contributed by atoms with Crippen LogP contribution in [0.4, 0.5) is 17.1 Å². The molecule has 0 spiro atoms. The van der Waals surface area contributed by atoms with Crippen LogP contribution in [0.1, 0.15) is 0 Å². The Morgan fingerprint density at radius 1 is 0.447 bits per heavy atom. The molecule has 0 bridgehead atoms. The van der Waals surface area contributed by atoms with Crippen LogP contribution in [-0.2, 0) is 0 Å². The van der Waals surface area contributed by atoms with Gasteiger partial charge in [-0.1, -0.05) is 134 Å². The maximum absolute atomic E-state index is 2.52. The minimum absolute atomic E-state index is 1.15. The van der Waals surface area contributed by atoms with Crippen LogP contribution in [0.5, 0.6) is 0 Å². The van der Waals surface area contributed by atoms with Crippen LogP contribution in [-0.4, -0.2) is 8.07 Å². The zero-order chi connectivity index (χ0) is 31.5. The van der Waals surface area contributed by atoms with Crippen molar-refractivity contribution in [1.29, 1.82) is 0 Å². The van der Waals surface area contributed by atoms with Gasteiger partial charge in [-0.25, -0.2) is 0 Å². The van der Waals surface area contributed by atoms with E-state index < -0.39 is 8.07 Å². The van der Waals surface area contributed by atoms with Crippen molar-refractivity contribution in [2.45, 2.75) is 13.1 Å². The Bertz CT molecular complexity index is 2360. The molecule has 0 saturated carbocycles. The van der Waals surface area contributed by atoms with Gasteiger partial charge in [-0.15, -0.1) is 11.3 Å². The highest BCUT2D eigenvalue weighted by Gasteiger charge is 2.39. The minimum Gasteiger partial charge on any atom is -0.310 e. The fourth-order valence-electron chi connectivity index (χ4n) is 7.49. The fourth-order valence-corrected chi connectivity index (χ4v) is 11.9. The molecule has 8 aromatic rings. The molecule has 2 heterocycles. The molecule has 3 heteroatoms. The van der Waals surface area contributed by atoms with Crippen molar-refractivity contribution in [3.05, 3.63) is 164 Å². The molecule has 0 N–H and O–H groups in total. The second-order valence-corrected chi connectivity index (χ2v) is 18.4. The fraction of sp³-hybridized carbons (Fsp3) is 0.0455. The average molecular weight is 636 g/mol. The molecule has 1 aliphatic rings. The van der Waals surface area contributed by atoms with Gasteiger partial charge in [0.25, 0.3) is 0 Å². The quantitative estimate of drug-likeness (QED) is 0.170. The second kappa shape index (κ2) is 10.9. The number of nitrogens with zero attached hydrogens (tertiary/aromatic N) is 1. The lowest BCUT2D eigenvalue weighted by Gasteiger charge is -2.28. The van der Waals surface area contributed by atoms with E-state index >= 15 is 0 Å². The van der Waals surface area contributed by atoms with Gasteiger partial charge in [-0.05, 0) is 86.2 Å². The summed E-state index contributed by atoms with van der Waals surface area (Å²) in [6, 6.07) is 60.2. The maximum Gasteiger partial charge on any atom is 0.114 e. The Morgan fingerprint density at radius 2 is 1.02 bits per heavy atom. The highest BCUT2D eigenvalue weighted by molar-refractivity contribution is 7.26. The predicted octanol–water partition coefficient (Wildman–Crippen LogP) is 11.7. The summed E-state index contributed by atoms with van der Waals surface area (Å²) in [4.78, 5) is 2.45. The molecule has 0 amide bonds. The van der Waals surface area contributed by atoms with Crippen molar-refractivity contribution in [3.8, 4) is 33.4 Å². The molecular formula is C44H33NSSi. The third-order valence-corrected chi connectivity index (χ3v) is 14.6. The highest BCUT2D eigenvalue weighted by atomic mass is 32.1. The SMILES string of the molecule is C[Si]1(C)c2cc(N(c3cccc(-c4ccccc4)c3)c3cccc(-c4ccccc4)c3)ccc2-c2c1ccc1c2sc2ccccc21. The summed E-state index contributed by atoms with van der Waals surface area (Å²) >= 11 is 1.95. The first-order chi connectivity index (χ1) is 23.1. The van der Waals surface area contributed by atoms with E-state index in [1.54, 1.807) is 5.19 Å². The Labute approximate surface area is 281 Å². The standard InChI is InChI=1S/C44H33NSSi/c1-47(2)41-26-25-38-37-21-9-10-22-40(37)46-44(38)43(41)39-24-23-36(29-42(39)47)45(34-19-11-17-32(27-34)30-13-5-3-6-14-30)35-20-12-18-33(28-35)31-15-7-4-8-16-31/h3-29H,1-2H3. The molecule has 1 aliphatic heterocycles. The van der Waals surface area contributed by atoms with Gasteiger partial charge in [0.05, 0.1) is 0 Å². The predicted molar refractivity (Wildman–Crippen MR) is 207 cm³/mol. The lowest BCUT2D eigenvalue weighted by Crippen LogP contribution is -2.49. The van der Waals surface area contributed by atoms with E-state index in [0.29, 0.717) is 0 Å². The van der Waals surface area contributed by atoms with Crippen molar-refractivity contribution < 1.29 is 0 Å². The smallest absolute Gasteiger partial charge is 0.114 e. The van der Waals surface area contributed by atoms with Crippen LogP contribution in [0.2, 0.25) is 13.1 Å². The van der Waals surface area contributed by atoms with Crippen molar-refractivity contribution in [3.63, 3.8) is 0 Å². The summed E-state index contributed by atoms with van der Waals surface area (Å²) in [5.74, 6) is 0. The van der Waals surface area contributed by atoms with E-state index in [9.17, 15) is 0 Å². The molecule has 0 radical (unpaired) electrons. The van der Waals surface area contributed by atoms with Crippen LogP contribution in [0, 0.1) is 0 Å². The summed E-state index contributed by atoms with van der Waals surface area (Å²) in [7, 11) is -1.97. The number of thiophene rings is 1. The number of anilines is 3. The van der Waals surface area contributed by atoms with E-state index in [0.717, 1.165) is 11.4 Å². The van der Waals surface area contributed by atoms with Gasteiger partial charge in [0.1, 0.15) is 8.07 Å². The Morgan fingerprint density at radius 3 is 1.68 bits per heavy atom. The van der Waals surface area contributed by atoms with E-state index in [1.165, 1.54) is 64.4 Å². The van der Waals surface area contributed by atoms with Crippen molar-refractivity contribution in [2.24, 2.45) is 0 Å². The van der Waals surface area contributed by atoms with E-state index in [4.69, 9.17) is 0 Å². The van der Waals surface area contributed by atoms with Crippen LogP contribution < -0.4 is 15.3 Å². The molecule has 0 fully saturated rings. The van der Waals surface area contributed by atoms with Crippen molar-refractivity contribution in [2.75, 3.05) is 4.90 Å². The number of benzene rings is 7. The number of hydrogen-bond acceptors (Lipinski definition) is 2. The first kappa shape index (κ1) is 28.0. The van der Waals surface area contributed by atoms with Gasteiger partial charge in [0.2, 0.25) is 0 Å². The van der Waals surface area contributed by atoms with Gasteiger partial charge in [0.15, 0.2) is 0 Å². The Kier molecular flexibility index (Phi) is 6.53. The van der Waals surface area contributed by atoms with Gasteiger partial charge in [0, 0.05) is 37.2 Å². The summed E-state index contributed by atoms with van der Waals surface area (Å²) < 4.78 is 2.79. The summed E-state index contributed by atoms with van der Waals surface area (Å²) in [6.45, 7) is 5.05. The molecule has 1 aromatic heterocycles. The molecule has 0 atom stereocenters. The molecule has 47 heavy (non-hydrogen) atoms. The van der Waals surface area contributed by atoms with E-state index in [-0.39, 0.29) is 0 Å². The zero-order valence-electron chi connectivity index (χ0n) is 26.4. The van der Waals surface area contributed by atoms with Crippen LogP contribution in [0.3, 0.4) is 0 Å². The molecule has 1 nitrogen and oxygen atoms in total. The van der Waals surface area contributed by atoms with Crippen LogP contribution >= 0.6 is 11.3 Å². The molecule has 0 saturated heterocycles.